The van der Waals surface area contributed by atoms with Gasteiger partial charge in [-0.05, 0) is 80.3 Å². The molecule has 1 N–H and O–H groups in total. The number of rotatable bonds is 14. The fourth-order valence-electron chi connectivity index (χ4n) is 6.44. The highest BCUT2D eigenvalue weighted by Crippen LogP contribution is 2.33. The van der Waals surface area contributed by atoms with E-state index in [1.165, 1.54) is 31.2 Å². The number of aromatic nitrogens is 2. The zero-order valence-corrected chi connectivity index (χ0v) is 30.0. The number of carbonyl (C=O) groups is 1. The first-order chi connectivity index (χ1) is 24.6. The second-order valence-corrected chi connectivity index (χ2v) is 13.6. The number of imidazole rings is 1. The molecule has 0 saturated carbocycles. The number of likely N-dealkylation sites (N-methyl/N-ethyl adjacent to an activating group) is 1. The Morgan fingerprint density at radius 3 is 2.40 bits per heavy atom. The summed E-state index contributed by atoms with van der Waals surface area (Å²) in [6, 6.07) is 16.2. The molecule has 0 spiro atoms. The van der Waals surface area contributed by atoms with Gasteiger partial charge < -0.3 is 29.2 Å². The summed E-state index contributed by atoms with van der Waals surface area (Å²) in [5.41, 5.74) is 2.00. The number of alkyl halides is 6. The average Bonchev–Trinajstić information content (AvgIpc) is 3.43. The van der Waals surface area contributed by atoms with Gasteiger partial charge in [-0.1, -0.05) is 41.4 Å². The summed E-state index contributed by atoms with van der Waals surface area (Å²) in [6.07, 6.45) is -8.05. The number of hydrogen-bond donors (Lipinski definition) is 1. The molecule has 2 heterocycles. The van der Waals surface area contributed by atoms with Gasteiger partial charge in [-0.2, -0.15) is 13.2 Å². The number of amides is 1. The maximum atomic E-state index is 13.6. The first-order valence-corrected chi connectivity index (χ1v) is 17.5. The van der Waals surface area contributed by atoms with E-state index in [-0.39, 0.29) is 42.8 Å². The number of methoxy groups -OCH3 is 1. The van der Waals surface area contributed by atoms with E-state index in [9.17, 15) is 31.1 Å². The van der Waals surface area contributed by atoms with Crippen molar-refractivity contribution in [1.82, 2.24) is 19.4 Å². The van der Waals surface area contributed by atoms with Crippen LogP contribution in [0.1, 0.15) is 53.9 Å². The van der Waals surface area contributed by atoms with Crippen LogP contribution in [0.15, 0.2) is 60.7 Å². The molecule has 3 aromatic carbocycles. The summed E-state index contributed by atoms with van der Waals surface area (Å²) >= 11 is 12.5. The van der Waals surface area contributed by atoms with E-state index in [4.69, 9.17) is 27.9 Å². The molecule has 16 heteroatoms. The van der Waals surface area contributed by atoms with Gasteiger partial charge >= 0.3 is 12.5 Å². The molecule has 5 rings (SSSR count). The molecule has 8 nitrogen and oxygen atoms in total. The number of benzene rings is 3. The number of piperidine rings is 1. The number of likely N-dealkylation sites (tertiary alicyclic amines) is 1. The Morgan fingerprint density at radius 2 is 1.73 bits per heavy atom. The van der Waals surface area contributed by atoms with Crippen LogP contribution in [0, 0.1) is 0 Å². The molecule has 4 aromatic rings. The first kappa shape index (κ1) is 39.3. The van der Waals surface area contributed by atoms with Crippen LogP contribution >= 0.6 is 23.2 Å². The third kappa shape index (κ3) is 10.6. The monoisotopic (exact) mass is 773 g/mol. The van der Waals surface area contributed by atoms with E-state index in [0.717, 1.165) is 43.1 Å². The van der Waals surface area contributed by atoms with Crippen LogP contribution in [0.2, 0.25) is 10.0 Å². The molecule has 0 radical (unpaired) electrons. The Bertz CT molecular complexity index is 1830. The summed E-state index contributed by atoms with van der Waals surface area (Å²) in [7, 11) is 2.85. The van der Waals surface area contributed by atoms with Crippen molar-refractivity contribution < 1.29 is 40.6 Å². The molecule has 1 aromatic heterocycles. The van der Waals surface area contributed by atoms with Crippen molar-refractivity contribution >= 4 is 46.1 Å². The maximum Gasteiger partial charge on any atom is 0.573 e. The number of carbonyl (C=O) groups excluding carboxylic acids is 1. The van der Waals surface area contributed by atoms with Gasteiger partial charge in [0.2, 0.25) is 5.95 Å². The highest BCUT2D eigenvalue weighted by atomic mass is 35.5. The molecule has 1 atom stereocenters. The average molecular weight is 775 g/mol. The van der Waals surface area contributed by atoms with Gasteiger partial charge in [0.1, 0.15) is 11.5 Å². The second-order valence-electron chi connectivity index (χ2n) is 12.8. The Balaban J connectivity index is 1.24. The van der Waals surface area contributed by atoms with Crippen molar-refractivity contribution in [2.75, 3.05) is 45.7 Å². The third-order valence-corrected chi connectivity index (χ3v) is 9.85. The molecule has 1 aliphatic rings. The molecular formula is C36H39Cl2F6N5O3. The number of para-hydroxylation sites is 2. The highest BCUT2D eigenvalue weighted by molar-refractivity contribution is 6.42. The Morgan fingerprint density at radius 1 is 1.00 bits per heavy atom. The third-order valence-electron chi connectivity index (χ3n) is 9.11. The van der Waals surface area contributed by atoms with Crippen molar-refractivity contribution in [2.45, 2.75) is 63.1 Å². The molecule has 1 amide bonds. The summed E-state index contributed by atoms with van der Waals surface area (Å²) in [5.74, 6) is -0.823. The summed E-state index contributed by atoms with van der Waals surface area (Å²) in [6.45, 7) is 2.45. The topological polar surface area (TPSA) is 71.9 Å². The highest BCUT2D eigenvalue weighted by Gasteiger charge is 2.34. The molecular weight excluding hydrogens is 735 g/mol. The largest absolute Gasteiger partial charge is 0.573 e. The number of nitrogens with one attached hydrogen (secondary N) is 1. The number of anilines is 1. The molecule has 52 heavy (non-hydrogen) atoms. The van der Waals surface area contributed by atoms with E-state index in [0.29, 0.717) is 34.5 Å². The predicted molar refractivity (Wildman–Crippen MR) is 189 cm³/mol. The number of nitrogens with zero attached hydrogens (tertiary/aromatic N) is 4. The van der Waals surface area contributed by atoms with E-state index in [1.54, 1.807) is 12.1 Å². The van der Waals surface area contributed by atoms with Crippen molar-refractivity contribution in [2.24, 2.45) is 0 Å². The van der Waals surface area contributed by atoms with Gasteiger partial charge in [0.25, 0.3) is 5.91 Å². The van der Waals surface area contributed by atoms with Crippen LogP contribution < -0.4 is 14.8 Å². The summed E-state index contributed by atoms with van der Waals surface area (Å²) in [4.78, 5) is 21.9. The zero-order valence-electron chi connectivity index (χ0n) is 28.5. The molecule has 1 fully saturated rings. The smallest absolute Gasteiger partial charge is 0.497 e. The Kier molecular flexibility index (Phi) is 12.7. The standard InChI is InChI=1S/C36H39Cl2F6N5O3/c1-47(33(50)27-21-26(51-2)9-11-32(27)52-36(42,43)44)22-24(23-8-10-28(37)29(38)20-23)12-17-48-18-13-25(14-19-48)45-34-46-30-6-3-4-7-31(30)49(34)16-5-15-35(39,40)41/h3-4,6-11,20-21,24-25H,5,12-19,22H2,1-2H3,(H,45,46). The molecule has 1 aliphatic heterocycles. The van der Waals surface area contributed by atoms with Gasteiger partial charge in [-0.15, -0.1) is 13.2 Å². The van der Waals surface area contributed by atoms with E-state index in [1.807, 2.05) is 34.9 Å². The lowest BCUT2D eigenvalue weighted by Crippen LogP contribution is -2.40. The Labute approximate surface area is 307 Å². The molecule has 0 aliphatic carbocycles. The fraction of sp³-hybridized carbons (Fsp3) is 0.444. The van der Waals surface area contributed by atoms with Crippen molar-refractivity contribution in [1.29, 1.82) is 0 Å². The Hall–Kier alpha value is -3.88. The molecule has 0 bridgehead atoms. The van der Waals surface area contributed by atoms with E-state index >= 15 is 0 Å². The minimum absolute atomic E-state index is 0.0556. The lowest BCUT2D eigenvalue weighted by atomic mass is 9.94. The quantitative estimate of drug-likeness (QED) is 0.129. The molecule has 1 unspecified atom stereocenters. The van der Waals surface area contributed by atoms with Crippen LogP contribution in [-0.4, -0.2) is 84.2 Å². The number of halogens is 8. The lowest BCUT2D eigenvalue weighted by Gasteiger charge is -2.34. The SMILES string of the molecule is COc1ccc(OC(F)(F)F)c(C(=O)N(C)CC(CCN2CCC(Nc3nc4ccccc4n3CCCC(F)(F)F)CC2)c2ccc(Cl)c(Cl)c2)c1. The molecule has 1 saturated heterocycles. The van der Waals surface area contributed by atoms with Crippen LogP contribution in [0.25, 0.3) is 11.0 Å². The summed E-state index contributed by atoms with van der Waals surface area (Å²) in [5, 5.41) is 4.17. The van der Waals surface area contributed by atoms with Gasteiger partial charge in [0.05, 0.1) is 33.8 Å². The second kappa shape index (κ2) is 16.9. The molecule has 282 valence electrons. The van der Waals surface area contributed by atoms with Gasteiger partial charge in [0.15, 0.2) is 0 Å². The summed E-state index contributed by atoms with van der Waals surface area (Å²) < 4.78 is 89.3. The van der Waals surface area contributed by atoms with Crippen LogP contribution in [0.5, 0.6) is 11.5 Å². The van der Waals surface area contributed by atoms with Gasteiger partial charge in [-0.3, -0.25) is 4.79 Å². The van der Waals surface area contributed by atoms with Gasteiger partial charge in [-0.25, -0.2) is 4.98 Å². The van der Waals surface area contributed by atoms with Crippen LogP contribution in [0.3, 0.4) is 0 Å². The van der Waals surface area contributed by atoms with Gasteiger partial charge in [0, 0.05) is 51.6 Å². The lowest BCUT2D eigenvalue weighted by molar-refractivity contribution is -0.274. The van der Waals surface area contributed by atoms with Crippen molar-refractivity contribution in [3.8, 4) is 11.5 Å². The number of fused-ring (bicyclic) bond motifs is 1. The predicted octanol–water partition coefficient (Wildman–Crippen LogP) is 9.42. The van der Waals surface area contributed by atoms with Crippen molar-refractivity contribution in [3.05, 3.63) is 81.8 Å². The fourth-order valence-corrected chi connectivity index (χ4v) is 6.74. The normalized spacial score (nSPS) is 15.1. The van der Waals surface area contributed by atoms with Crippen molar-refractivity contribution in [3.63, 3.8) is 0 Å². The number of hydrogen-bond acceptors (Lipinski definition) is 6. The number of aryl methyl sites for hydroxylation is 1. The first-order valence-electron chi connectivity index (χ1n) is 16.8. The maximum absolute atomic E-state index is 13.6. The van der Waals surface area contributed by atoms with E-state index in [2.05, 4.69) is 19.9 Å². The minimum atomic E-state index is -5.00. The zero-order chi connectivity index (χ0) is 37.6. The van der Waals surface area contributed by atoms with Crippen LogP contribution in [-0.2, 0) is 6.54 Å². The van der Waals surface area contributed by atoms with Crippen LogP contribution in [0.4, 0.5) is 32.3 Å². The van der Waals surface area contributed by atoms with E-state index < -0.39 is 30.6 Å². The number of ether oxygens (including phenoxy) is 2. The minimum Gasteiger partial charge on any atom is -0.497 e.